The van der Waals surface area contributed by atoms with Crippen LogP contribution in [0.15, 0.2) is 45.7 Å². The molecule has 0 aromatic carbocycles. The Labute approximate surface area is 212 Å². The van der Waals surface area contributed by atoms with Gasteiger partial charge in [-0.15, -0.1) is 0 Å². The van der Waals surface area contributed by atoms with Crippen molar-refractivity contribution in [2.24, 2.45) is 9.36 Å². The Morgan fingerprint density at radius 3 is 2.62 bits per heavy atom. The maximum Gasteiger partial charge on any atom is 0.434 e. The second-order valence-corrected chi connectivity index (χ2v) is 12.0. The number of rotatable bonds is 4. The highest BCUT2D eigenvalue weighted by Gasteiger charge is 2.35. The Hall–Kier alpha value is -3.39. The first-order valence-corrected chi connectivity index (χ1v) is 13.9. The summed E-state index contributed by atoms with van der Waals surface area (Å²) in [5.74, 6) is 0.809. The summed E-state index contributed by atoms with van der Waals surface area (Å²) >= 11 is 0. The van der Waals surface area contributed by atoms with E-state index in [-0.39, 0.29) is 41.1 Å². The molecule has 1 fully saturated rings. The SMILES string of the molecule is CC1CN(c2cc(N=S(C)(C)=O)nc(-c3cnc4cnc(C(F)(F)F)cn34)n2)C(C)C(C2=CCN=C2)N1. The molecule has 0 bridgehead atoms. The van der Waals surface area contributed by atoms with Crippen LogP contribution in [0.4, 0.5) is 24.8 Å². The first-order valence-electron chi connectivity index (χ1n) is 11.6. The number of halogens is 3. The van der Waals surface area contributed by atoms with Crippen LogP contribution in [0.3, 0.4) is 0 Å². The van der Waals surface area contributed by atoms with Crippen molar-refractivity contribution in [2.75, 3.05) is 30.5 Å². The normalized spacial score (nSPS) is 22.5. The smallest absolute Gasteiger partial charge is 0.350 e. The fourth-order valence-corrected chi connectivity index (χ4v) is 5.09. The number of nitrogens with one attached hydrogen (secondary N) is 1. The zero-order valence-electron chi connectivity index (χ0n) is 20.6. The van der Waals surface area contributed by atoms with Crippen LogP contribution in [0.5, 0.6) is 0 Å². The van der Waals surface area contributed by atoms with Gasteiger partial charge in [-0.25, -0.2) is 24.1 Å². The Kier molecular flexibility index (Phi) is 6.26. The van der Waals surface area contributed by atoms with Gasteiger partial charge in [-0.05, 0) is 19.4 Å². The molecular formula is C23H26F3N9OS. The zero-order chi connectivity index (χ0) is 26.5. The van der Waals surface area contributed by atoms with Crippen LogP contribution in [0.1, 0.15) is 19.5 Å². The summed E-state index contributed by atoms with van der Waals surface area (Å²) in [6, 6.07) is 1.71. The maximum absolute atomic E-state index is 13.4. The molecule has 3 aromatic rings. The van der Waals surface area contributed by atoms with Crippen molar-refractivity contribution in [3.05, 3.63) is 42.0 Å². The van der Waals surface area contributed by atoms with Crippen LogP contribution < -0.4 is 10.2 Å². The summed E-state index contributed by atoms with van der Waals surface area (Å²) in [6.45, 7) is 5.38. The van der Waals surface area contributed by atoms with E-state index in [9.17, 15) is 17.4 Å². The molecule has 5 heterocycles. The third-order valence-corrected chi connectivity index (χ3v) is 6.79. The van der Waals surface area contributed by atoms with Crippen LogP contribution in [-0.4, -0.2) is 78.5 Å². The number of aromatic nitrogens is 5. The van der Waals surface area contributed by atoms with E-state index < -0.39 is 21.6 Å². The van der Waals surface area contributed by atoms with Gasteiger partial charge in [-0.2, -0.15) is 17.5 Å². The molecule has 5 rings (SSSR count). The molecule has 0 spiro atoms. The predicted octanol–water partition coefficient (Wildman–Crippen LogP) is 3.13. The minimum Gasteiger partial charge on any atom is -0.350 e. The summed E-state index contributed by atoms with van der Waals surface area (Å²) in [5.41, 5.74) is 0.464. The molecule has 14 heteroatoms. The molecule has 2 aliphatic rings. The molecule has 3 unspecified atom stereocenters. The minimum atomic E-state index is -4.63. The topological polar surface area (TPSA) is 113 Å². The molecule has 0 saturated carbocycles. The monoisotopic (exact) mass is 533 g/mol. The lowest BCUT2D eigenvalue weighted by Crippen LogP contribution is -2.61. The highest BCUT2D eigenvalue weighted by atomic mass is 32.2. The van der Waals surface area contributed by atoms with Crippen molar-refractivity contribution in [2.45, 2.75) is 38.1 Å². The number of aliphatic imine (C=N–C) groups is 1. The van der Waals surface area contributed by atoms with E-state index in [1.165, 1.54) is 23.1 Å². The van der Waals surface area contributed by atoms with E-state index in [2.05, 4.69) is 54.4 Å². The largest absolute Gasteiger partial charge is 0.434 e. The quantitative estimate of drug-likeness (QED) is 0.548. The van der Waals surface area contributed by atoms with Gasteiger partial charge in [-0.3, -0.25) is 9.39 Å². The third kappa shape index (κ3) is 5.21. The standard InChI is InChI=1S/C23H26F3N9OS/c1-13-11-34(14(2)21(30-13)15-5-6-27-8-15)19-7-18(33-37(3,4)36)31-22(32-19)16-9-29-20-10-28-17(12-35(16)20)23(24,25)26/h5,7-10,12-14,21,30H,6,11H2,1-4H3. The predicted molar refractivity (Wildman–Crippen MR) is 136 cm³/mol. The number of hydrogen-bond acceptors (Lipinski definition) is 9. The van der Waals surface area contributed by atoms with Crippen LogP contribution in [-0.2, 0) is 15.9 Å². The Morgan fingerprint density at radius 1 is 1.16 bits per heavy atom. The van der Waals surface area contributed by atoms with E-state index in [0.717, 1.165) is 18.0 Å². The van der Waals surface area contributed by atoms with Crippen molar-refractivity contribution < 1.29 is 17.4 Å². The summed E-state index contributed by atoms with van der Waals surface area (Å²) in [4.78, 5) is 23.2. The Morgan fingerprint density at radius 2 is 1.95 bits per heavy atom. The first-order chi connectivity index (χ1) is 17.4. The van der Waals surface area contributed by atoms with Gasteiger partial charge in [0.25, 0.3) is 0 Å². The molecule has 1 saturated heterocycles. The Balaban J connectivity index is 1.65. The molecule has 196 valence electrons. The number of piperazine rings is 1. The molecular weight excluding hydrogens is 507 g/mol. The van der Waals surface area contributed by atoms with Crippen LogP contribution in [0, 0.1) is 0 Å². The highest BCUT2D eigenvalue weighted by molar-refractivity contribution is 7.92. The van der Waals surface area contributed by atoms with Crippen LogP contribution in [0.2, 0.25) is 0 Å². The van der Waals surface area contributed by atoms with Gasteiger partial charge >= 0.3 is 6.18 Å². The fraction of sp³-hybridized carbons (Fsp3) is 0.435. The van der Waals surface area contributed by atoms with Crippen LogP contribution >= 0.6 is 0 Å². The number of alkyl halides is 3. The van der Waals surface area contributed by atoms with Gasteiger partial charge in [0.1, 0.15) is 11.5 Å². The van der Waals surface area contributed by atoms with Gasteiger partial charge < -0.3 is 10.2 Å². The molecule has 3 atom stereocenters. The molecule has 3 aromatic heterocycles. The number of nitrogens with zero attached hydrogens (tertiary/aromatic N) is 8. The first kappa shape index (κ1) is 25.3. The summed E-state index contributed by atoms with van der Waals surface area (Å²) < 4.78 is 58.1. The van der Waals surface area contributed by atoms with Crippen molar-refractivity contribution in [1.82, 2.24) is 29.7 Å². The van der Waals surface area contributed by atoms with E-state index in [1.807, 2.05) is 6.21 Å². The van der Waals surface area contributed by atoms with Crippen molar-refractivity contribution in [1.29, 1.82) is 0 Å². The number of hydrogen-bond donors (Lipinski definition) is 1. The van der Waals surface area contributed by atoms with E-state index >= 15 is 0 Å². The highest BCUT2D eigenvalue weighted by Crippen LogP contribution is 2.31. The Bertz CT molecular complexity index is 1530. The van der Waals surface area contributed by atoms with E-state index in [0.29, 0.717) is 18.9 Å². The summed E-state index contributed by atoms with van der Waals surface area (Å²) in [7, 11) is -2.58. The number of imidazole rings is 1. The van der Waals surface area contributed by atoms with Gasteiger partial charge in [-0.1, -0.05) is 6.08 Å². The molecule has 0 amide bonds. The van der Waals surface area contributed by atoms with Gasteiger partial charge in [0.05, 0.1) is 25.0 Å². The summed E-state index contributed by atoms with van der Waals surface area (Å²) in [5, 5.41) is 3.61. The third-order valence-electron chi connectivity index (χ3n) is 6.16. The second-order valence-electron chi connectivity index (χ2n) is 9.46. The molecule has 2 aliphatic heterocycles. The van der Waals surface area contributed by atoms with E-state index in [4.69, 9.17) is 4.98 Å². The van der Waals surface area contributed by atoms with Crippen molar-refractivity contribution >= 4 is 33.2 Å². The van der Waals surface area contributed by atoms with Crippen LogP contribution in [0.25, 0.3) is 17.2 Å². The fourth-order valence-electron chi connectivity index (χ4n) is 4.55. The van der Waals surface area contributed by atoms with Crippen molar-refractivity contribution in [3.8, 4) is 11.5 Å². The van der Waals surface area contributed by atoms with Gasteiger partial charge in [0.15, 0.2) is 23.0 Å². The molecule has 10 nitrogen and oxygen atoms in total. The van der Waals surface area contributed by atoms with E-state index in [1.54, 1.807) is 6.07 Å². The lowest BCUT2D eigenvalue weighted by Gasteiger charge is -2.44. The molecule has 37 heavy (non-hydrogen) atoms. The zero-order valence-corrected chi connectivity index (χ0v) is 21.5. The lowest BCUT2D eigenvalue weighted by molar-refractivity contribution is -0.141. The minimum absolute atomic E-state index is 0.00778. The summed E-state index contributed by atoms with van der Waals surface area (Å²) in [6.07, 6.45) is 5.59. The molecule has 0 radical (unpaired) electrons. The van der Waals surface area contributed by atoms with Gasteiger partial charge in [0.2, 0.25) is 0 Å². The number of fused-ring (bicyclic) bond motifs is 1. The van der Waals surface area contributed by atoms with Gasteiger partial charge in [0, 0.05) is 59.3 Å². The lowest BCUT2D eigenvalue weighted by atomic mass is 9.95. The molecule has 1 N–H and O–H groups in total. The number of anilines is 1. The second kappa shape index (κ2) is 9.17. The average Bonchev–Trinajstić information content (AvgIpc) is 3.48. The average molecular weight is 534 g/mol. The molecule has 0 aliphatic carbocycles. The van der Waals surface area contributed by atoms with Crippen molar-refractivity contribution in [3.63, 3.8) is 0 Å². The maximum atomic E-state index is 13.4.